The van der Waals surface area contributed by atoms with Crippen LogP contribution in [-0.4, -0.2) is 24.1 Å². The van der Waals surface area contributed by atoms with E-state index in [1.807, 2.05) is 30.3 Å². The van der Waals surface area contributed by atoms with Crippen LogP contribution in [0.1, 0.15) is 16.7 Å². The number of benzene rings is 3. The molecule has 28 heavy (non-hydrogen) atoms. The third kappa shape index (κ3) is 5.14. The van der Waals surface area contributed by atoms with Gasteiger partial charge in [0.15, 0.2) is 0 Å². The molecule has 0 heterocycles. The molecule has 0 saturated heterocycles. The topological polar surface area (TPSA) is 54.2 Å². The number of hydrogen-bond donors (Lipinski definition) is 1. The fourth-order valence-electron chi connectivity index (χ4n) is 2.45. The van der Waals surface area contributed by atoms with E-state index >= 15 is 0 Å². The standard InChI is InChI=1S/C23H19FN2O2/c1-28-21-13-6-17(7-14-21)8-15-22(18-9-11-20(24)12-10-18)26-25-16-19-4-2-3-5-23(19)27/h2-16,27H,1H3/b15-8+,25-16+,26-22+. The summed E-state index contributed by atoms with van der Waals surface area (Å²) in [4.78, 5) is 0. The Balaban J connectivity index is 1.89. The molecule has 0 aliphatic carbocycles. The zero-order valence-corrected chi connectivity index (χ0v) is 15.3. The van der Waals surface area contributed by atoms with Crippen LogP contribution in [0.4, 0.5) is 4.39 Å². The van der Waals surface area contributed by atoms with E-state index in [2.05, 4.69) is 10.2 Å². The van der Waals surface area contributed by atoms with Gasteiger partial charge in [0, 0.05) is 11.1 Å². The Kier molecular flexibility index (Phi) is 6.31. The van der Waals surface area contributed by atoms with Gasteiger partial charge in [-0.3, -0.25) is 0 Å². The minimum Gasteiger partial charge on any atom is -0.507 e. The van der Waals surface area contributed by atoms with Gasteiger partial charge in [-0.25, -0.2) is 4.39 Å². The van der Waals surface area contributed by atoms with Gasteiger partial charge in [-0.1, -0.05) is 30.3 Å². The Bertz CT molecular complexity index is 1010. The molecule has 0 atom stereocenters. The zero-order chi connectivity index (χ0) is 19.8. The number of hydrogen-bond acceptors (Lipinski definition) is 4. The molecule has 0 aromatic heterocycles. The molecule has 3 aromatic rings. The van der Waals surface area contributed by atoms with Gasteiger partial charge in [0.05, 0.1) is 19.0 Å². The van der Waals surface area contributed by atoms with Crippen LogP contribution >= 0.6 is 0 Å². The summed E-state index contributed by atoms with van der Waals surface area (Å²) in [5, 5.41) is 18.1. The second-order valence-electron chi connectivity index (χ2n) is 5.90. The number of methoxy groups -OCH3 is 1. The Morgan fingerprint density at radius 3 is 2.36 bits per heavy atom. The molecule has 0 amide bonds. The summed E-state index contributed by atoms with van der Waals surface area (Å²) in [5.41, 5.74) is 2.80. The summed E-state index contributed by atoms with van der Waals surface area (Å²) >= 11 is 0. The first kappa shape index (κ1) is 19.0. The maximum Gasteiger partial charge on any atom is 0.124 e. The molecule has 0 bridgehead atoms. The van der Waals surface area contributed by atoms with Crippen molar-refractivity contribution in [1.82, 2.24) is 0 Å². The smallest absolute Gasteiger partial charge is 0.124 e. The molecule has 3 rings (SSSR count). The number of ether oxygens (including phenoxy) is 1. The molecule has 4 nitrogen and oxygen atoms in total. The molecule has 1 N–H and O–H groups in total. The van der Waals surface area contributed by atoms with Gasteiger partial charge >= 0.3 is 0 Å². The Morgan fingerprint density at radius 1 is 0.964 bits per heavy atom. The van der Waals surface area contributed by atoms with Crippen molar-refractivity contribution in [2.24, 2.45) is 10.2 Å². The lowest BCUT2D eigenvalue weighted by atomic mass is 10.1. The van der Waals surface area contributed by atoms with E-state index in [4.69, 9.17) is 4.74 Å². The summed E-state index contributed by atoms with van der Waals surface area (Å²) in [6.45, 7) is 0. The first-order valence-electron chi connectivity index (χ1n) is 8.63. The van der Waals surface area contributed by atoms with Crippen molar-refractivity contribution in [1.29, 1.82) is 0 Å². The molecule has 0 aliphatic heterocycles. The van der Waals surface area contributed by atoms with Gasteiger partial charge in [-0.05, 0) is 60.2 Å². The normalized spacial score (nSPS) is 12.0. The molecular weight excluding hydrogens is 355 g/mol. The number of allylic oxidation sites excluding steroid dienone is 1. The molecule has 0 saturated carbocycles. The van der Waals surface area contributed by atoms with E-state index in [0.717, 1.165) is 16.9 Å². The van der Waals surface area contributed by atoms with E-state index in [9.17, 15) is 9.50 Å². The lowest BCUT2D eigenvalue weighted by molar-refractivity contribution is 0.415. The number of nitrogens with zero attached hydrogens (tertiary/aromatic N) is 2. The summed E-state index contributed by atoms with van der Waals surface area (Å²) in [6, 6.07) is 20.4. The third-order valence-corrected chi connectivity index (χ3v) is 3.99. The molecule has 0 unspecified atom stereocenters. The number of para-hydroxylation sites is 1. The summed E-state index contributed by atoms with van der Waals surface area (Å²) in [5.74, 6) is 0.579. The minimum atomic E-state index is -0.319. The van der Waals surface area contributed by atoms with Crippen LogP contribution in [0.2, 0.25) is 0 Å². The van der Waals surface area contributed by atoms with Crippen molar-refractivity contribution in [3.05, 3.63) is 101 Å². The fraction of sp³-hybridized carbons (Fsp3) is 0.0435. The van der Waals surface area contributed by atoms with Crippen LogP contribution in [0, 0.1) is 5.82 Å². The second-order valence-corrected chi connectivity index (χ2v) is 5.90. The van der Waals surface area contributed by atoms with Gasteiger partial charge < -0.3 is 9.84 Å². The minimum absolute atomic E-state index is 0.124. The number of phenolic OH excluding ortho intramolecular Hbond substituents is 1. The van der Waals surface area contributed by atoms with E-state index in [1.165, 1.54) is 18.3 Å². The second kappa shape index (κ2) is 9.28. The molecule has 5 heteroatoms. The number of halogens is 1. The highest BCUT2D eigenvalue weighted by Gasteiger charge is 2.01. The predicted octanol–water partition coefficient (Wildman–Crippen LogP) is 5.08. The van der Waals surface area contributed by atoms with Gasteiger partial charge in [0.25, 0.3) is 0 Å². The average molecular weight is 374 g/mol. The van der Waals surface area contributed by atoms with E-state index < -0.39 is 0 Å². The van der Waals surface area contributed by atoms with Crippen molar-refractivity contribution in [3.8, 4) is 11.5 Å². The number of phenols is 1. The number of aromatic hydroxyl groups is 1. The summed E-state index contributed by atoms with van der Waals surface area (Å²) in [7, 11) is 1.62. The van der Waals surface area contributed by atoms with Gasteiger partial charge in [0.2, 0.25) is 0 Å². The largest absolute Gasteiger partial charge is 0.507 e. The summed E-state index contributed by atoms with van der Waals surface area (Å²) in [6.07, 6.45) is 5.16. The van der Waals surface area contributed by atoms with Crippen LogP contribution in [0.5, 0.6) is 11.5 Å². The molecular formula is C23H19FN2O2. The first-order chi connectivity index (χ1) is 13.7. The lowest BCUT2D eigenvalue weighted by Gasteiger charge is -2.02. The molecule has 0 radical (unpaired) electrons. The monoisotopic (exact) mass is 374 g/mol. The maximum atomic E-state index is 13.3. The van der Waals surface area contributed by atoms with Crippen LogP contribution in [-0.2, 0) is 0 Å². The van der Waals surface area contributed by atoms with Crippen molar-refractivity contribution >= 4 is 18.0 Å². The zero-order valence-electron chi connectivity index (χ0n) is 15.3. The van der Waals surface area contributed by atoms with Gasteiger partial charge in [-0.2, -0.15) is 10.2 Å². The number of rotatable bonds is 6. The van der Waals surface area contributed by atoms with Crippen LogP contribution in [0.25, 0.3) is 6.08 Å². The highest BCUT2D eigenvalue weighted by molar-refractivity contribution is 6.10. The molecule has 0 aliphatic rings. The van der Waals surface area contributed by atoms with Crippen LogP contribution < -0.4 is 4.74 Å². The van der Waals surface area contributed by atoms with Crippen LogP contribution in [0.3, 0.4) is 0 Å². The van der Waals surface area contributed by atoms with Crippen molar-refractivity contribution in [2.75, 3.05) is 7.11 Å². The van der Waals surface area contributed by atoms with Gasteiger partial charge in [0.1, 0.15) is 17.3 Å². The van der Waals surface area contributed by atoms with E-state index in [-0.39, 0.29) is 11.6 Å². The highest BCUT2D eigenvalue weighted by Crippen LogP contribution is 2.15. The van der Waals surface area contributed by atoms with Gasteiger partial charge in [-0.15, -0.1) is 0 Å². The fourth-order valence-corrected chi connectivity index (χ4v) is 2.45. The first-order valence-corrected chi connectivity index (χ1v) is 8.63. The van der Waals surface area contributed by atoms with E-state index in [0.29, 0.717) is 11.3 Å². The molecule has 140 valence electrons. The highest BCUT2D eigenvalue weighted by atomic mass is 19.1. The van der Waals surface area contributed by atoms with Crippen molar-refractivity contribution in [3.63, 3.8) is 0 Å². The Labute approximate surface area is 163 Å². The Morgan fingerprint density at radius 2 is 1.68 bits per heavy atom. The summed E-state index contributed by atoms with van der Waals surface area (Å²) < 4.78 is 18.4. The SMILES string of the molecule is COc1ccc(/C=C/C(=N\N=C\c2ccccc2O)c2ccc(F)cc2)cc1. The third-order valence-electron chi connectivity index (χ3n) is 3.99. The lowest BCUT2D eigenvalue weighted by Crippen LogP contribution is -1.96. The molecule has 3 aromatic carbocycles. The average Bonchev–Trinajstić information content (AvgIpc) is 2.73. The maximum absolute atomic E-state index is 13.3. The van der Waals surface area contributed by atoms with E-state index in [1.54, 1.807) is 49.6 Å². The van der Waals surface area contributed by atoms with Crippen molar-refractivity contribution < 1.29 is 14.2 Å². The quantitative estimate of drug-likeness (QED) is 0.483. The molecule has 0 spiro atoms. The van der Waals surface area contributed by atoms with Crippen molar-refractivity contribution in [2.45, 2.75) is 0 Å². The van der Waals surface area contributed by atoms with Crippen LogP contribution in [0.15, 0.2) is 89.1 Å². The predicted molar refractivity (Wildman–Crippen MR) is 111 cm³/mol. The molecule has 0 fully saturated rings. The Hall–Kier alpha value is -3.73.